The molecule has 30 heavy (non-hydrogen) atoms. The molecule has 1 unspecified atom stereocenters. The molecule has 160 valence electrons. The minimum absolute atomic E-state index is 0.255. The second-order valence-electron chi connectivity index (χ2n) is 7.78. The van der Waals surface area contributed by atoms with Crippen molar-refractivity contribution in [2.75, 3.05) is 51.7 Å². The average molecular weight is 408 g/mol. The SMILES string of the molecule is CN=C(NCCN(C)c1ccccc1)NCC1CC(=O)N(CCc2ccccc2)C1. The van der Waals surface area contributed by atoms with Gasteiger partial charge in [-0.05, 0) is 24.1 Å². The summed E-state index contributed by atoms with van der Waals surface area (Å²) < 4.78 is 0. The maximum atomic E-state index is 12.3. The Morgan fingerprint density at radius 1 is 1.10 bits per heavy atom. The van der Waals surface area contributed by atoms with Crippen LogP contribution in [0.2, 0.25) is 0 Å². The number of rotatable bonds is 9. The molecule has 0 aliphatic carbocycles. The zero-order chi connectivity index (χ0) is 21.2. The molecule has 0 radical (unpaired) electrons. The molecule has 0 bridgehead atoms. The molecule has 1 fully saturated rings. The van der Waals surface area contributed by atoms with Crippen molar-refractivity contribution in [3.63, 3.8) is 0 Å². The van der Waals surface area contributed by atoms with Gasteiger partial charge in [0.05, 0.1) is 0 Å². The molecule has 1 aliphatic heterocycles. The summed E-state index contributed by atoms with van der Waals surface area (Å²) in [6.07, 6.45) is 1.51. The van der Waals surface area contributed by atoms with E-state index in [2.05, 4.69) is 51.8 Å². The van der Waals surface area contributed by atoms with Gasteiger partial charge in [-0.1, -0.05) is 48.5 Å². The van der Waals surface area contributed by atoms with Gasteiger partial charge >= 0.3 is 0 Å². The third-order valence-corrected chi connectivity index (χ3v) is 5.53. The van der Waals surface area contributed by atoms with Crippen LogP contribution in [-0.2, 0) is 11.2 Å². The highest BCUT2D eigenvalue weighted by molar-refractivity contribution is 5.80. The highest BCUT2D eigenvalue weighted by Gasteiger charge is 2.29. The zero-order valence-corrected chi connectivity index (χ0v) is 18.1. The monoisotopic (exact) mass is 407 g/mol. The van der Waals surface area contributed by atoms with Crippen LogP contribution in [0.3, 0.4) is 0 Å². The van der Waals surface area contributed by atoms with Gasteiger partial charge in [0.15, 0.2) is 5.96 Å². The fraction of sp³-hybridized carbons (Fsp3) is 0.417. The predicted octanol–water partition coefficient (Wildman–Crippen LogP) is 2.38. The van der Waals surface area contributed by atoms with Crippen LogP contribution in [0.15, 0.2) is 65.7 Å². The van der Waals surface area contributed by atoms with Crippen LogP contribution < -0.4 is 15.5 Å². The largest absolute Gasteiger partial charge is 0.373 e. The van der Waals surface area contributed by atoms with Crippen LogP contribution in [0.4, 0.5) is 5.69 Å². The van der Waals surface area contributed by atoms with E-state index in [1.807, 2.05) is 41.3 Å². The van der Waals surface area contributed by atoms with E-state index in [-0.39, 0.29) is 5.91 Å². The molecule has 1 aliphatic rings. The van der Waals surface area contributed by atoms with Gasteiger partial charge in [-0.15, -0.1) is 0 Å². The Kier molecular flexibility index (Phi) is 8.12. The Morgan fingerprint density at radius 3 is 2.50 bits per heavy atom. The van der Waals surface area contributed by atoms with E-state index in [1.165, 1.54) is 11.3 Å². The average Bonchev–Trinajstić information content (AvgIpc) is 3.15. The summed E-state index contributed by atoms with van der Waals surface area (Å²) in [6, 6.07) is 20.7. The molecular weight excluding hydrogens is 374 g/mol. The number of carbonyl (C=O) groups excluding carboxylic acids is 1. The molecule has 1 amide bonds. The lowest BCUT2D eigenvalue weighted by atomic mass is 10.1. The second-order valence-corrected chi connectivity index (χ2v) is 7.78. The number of hydrogen-bond donors (Lipinski definition) is 2. The Labute approximate surface area is 180 Å². The van der Waals surface area contributed by atoms with Crippen molar-refractivity contribution in [2.24, 2.45) is 10.9 Å². The predicted molar refractivity (Wildman–Crippen MR) is 124 cm³/mol. The standard InChI is InChI=1S/C24H33N5O/c1-25-24(26-14-16-28(2)22-11-7-4-8-12-22)27-18-21-17-23(30)29(19-21)15-13-20-9-5-3-6-10-20/h3-12,21H,13-19H2,1-2H3,(H2,25,26,27). The minimum atomic E-state index is 0.255. The quantitative estimate of drug-likeness (QED) is 0.495. The summed E-state index contributed by atoms with van der Waals surface area (Å²) in [7, 11) is 3.86. The van der Waals surface area contributed by atoms with E-state index >= 15 is 0 Å². The first-order chi connectivity index (χ1) is 14.7. The molecule has 2 N–H and O–H groups in total. The fourth-order valence-corrected chi connectivity index (χ4v) is 3.73. The Morgan fingerprint density at radius 2 is 1.80 bits per heavy atom. The van der Waals surface area contributed by atoms with Gasteiger partial charge < -0.3 is 20.4 Å². The number of anilines is 1. The molecule has 1 heterocycles. The molecule has 2 aromatic carbocycles. The highest BCUT2D eigenvalue weighted by atomic mass is 16.2. The van der Waals surface area contributed by atoms with Crippen molar-refractivity contribution in [3.8, 4) is 0 Å². The smallest absolute Gasteiger partial charge is 0.223 e. The molecule has 0 saturated carbocycles. The summed E-state index contributed by atoms with van der Waals surface area (Å²) >= 11 is 0. The van der Waals surface area contributed by atoms with E-state index < -0.39 is 0 Å². The first-order valence-electron chi connectivity index (χ1n) is 10.7. The van der Waals surface area contributed by atoms with E-state index in [4.69, 9.17) is 0 Å². The lowest BCUT2D eigenvalue weighted by Crippen LogP contribution is -2.43. The summed E-state index contributed by atoms with van der Waals surface area (Å²) in [4.78, 5) is 20.9. The number of hydrogen-bond acceptors (Lipinski definition) is 3. The van der Waals surface area contributed by atoms with Crippen molar-refractivity contribution in [3.05, 3.63) is 66.2 Å². The first kappa shape index (κ1) is 21.7. The Hall–Kier alpha value is -3.02. The van der Waals surface area contributed by atoms with Gasteiger partial charge in [0.2, 0.25) is 5.91 Å². The molecule has 1 atom stereocenters. The maximum Gasteiger partial charge on any atom is 0.223 e. The van der Waals surface area contributed by atoms with Crippen molar-refractivity contribution in [2.45, 2.75) is 12.8 Å². The van der Waals surface area contributed by atoms with Crippen molar-refractivity contribution in [1.29, 1.82) is 0 Å². The number of carbonyl (C=O) groups is 1. The van der Waals surface area contributed by atoms with Gasteiger partial charge in [-0.3, -0.25) is 9.79 Å². The summed E-state index contributed by atoms with van der Waals surface area (Å²) in [5.74, 6) is 1.36. The number of nitrogens with one attached hydrogen (secondary N) is 2. The number of para-hydroxylation sites is 1. The third kappa shape index (κ3) is 6.51. The maximum absolute atomic E-state index is 12.3. The minimum Gasteiger partial charge on any atom is -0.373 e. The molecule has 3 rings (SSSR count). The lowest BCUT2D eigenvalue weighted by Gasteiger charge is -2.21. The van der Waals surface area contributed by atoms with Gasteiger partial charge in [0, 0.05) is 64.8 Å². The van der Waals surface area contributed by atoms with Crippen LogP contribution in [0.1, 0.15) is 12.0 Å². The molecular formula is C24H33N5O. The van der Waals surface area contributed by atoms with Crippen molar-refractivity contribution < 1.29 is 4.79 Å². The normalized spacial score (nSPS) is 16.6. The van der Waals surface area contributed by atoms with Crippen molar-refractivity contribution >= 4 is 17.6 Å². The van der Waals surface area contributed by atoms with Gasteiger partial charge in [-0.25, -0.2) is 0 Å². The van der Waals surface area contributed by atoms with Crippen LogP contribution >= 0.6 is 0 Å². The van der Waals surface area contributed by atoms with E-state index in [0.717, 1.165) is 45.1 Å². The third-order valence-electron chi connectivity index (χ3n) is 5.53. The van der Waals surface area contributed by atoms with Gasteiger partial charge in [0.1, 0.15) is 0 Å². The number of likely N-dealkylation sites (N-methyl/N-ethyl adjacent to an activating group) is 1. The van der Waals surface area contributed by atoms with E-state index in [9.17, 15) is 4.79 Å². The molecule has 1 saturated heterocycles. The zero-order valence-electron chi connectivity index (χ0n) is 18.1. The van der Waals surface area contributed by atoms with Crippen LogP contribution in [0.25, 0.3) is 0 Å². The van der Waals surface area contributed by atoms with Crippen LogP contribution in [0.5, 0.6) is 0 Å². The topological polar surface area (TPSA) is 60.0 Å². The van der Waals surface area contributed by atoms with Gasteiger partial charge in [0.25, 0.3) is 0 Å². The van der Waals surface area contributed by atoms with Gasteiger partial charge in [-0.2, -0.15) is 0 Å². The highest BCUT2D eigenvalue weighted by Crippen LogP contribution is 2.17. The molecule has 0 aromatic heterocycles. The lowest BCUT2D eigenvalue weighted by molar-refractivity contribution is -0.127. The number of benzene rings is 2. The fourth-order valence-electron chi connectivity index (χ4n) is 3.73. The van der Waals surface area contributed by atoms with Crippen LogP contribution in [-0.4, -0.2) is 63.6 Å². The summed E-state index contributed by atoms with van der Waals surface area (Å²) in [6.45, 7) is 4.02. The number of likely N-dealkylation sites (tertiary alicyclic amines) is 1. The number of aliphatic imine (C=N–C) groups is 1. The molecule has 6 heteroatoms. The second kappa shape index (κ2) is 11.2. The Balaban J connectivity index is 1.36. The first-order valence-corrected chi connectivity index (χ1v) is 10.7. The van der Waals surface area contributed by atoms with E-state index in [0.29, 0.717) is 12.3 Å². The molecule has 0 spiro atoms. The number of guanidine groups is 1. The summed E-state index contributed by atoms with van der Waals surface area (Å²) in [5, 5.41) is 6.74. The molecule has 6 nitrogen and oxygen atoms in total. The molecule has 2 aromatic rings. The van der Waals surface area contributed by atoms with Crippen LogP contribution in [0, 0.1) is 5.92 Å². The van der Waals surface area contributed by atoms with Crippen molar-refractivity contribution in [1.82, 2.24) is 15.5 Å². The summed E-state index contributed by atoms with van der Waals surface area (Å²) in [5.41, 5.74) is 2.47. The number of amides is 1. The number of nitrogens with zero attached hydrogens (tertiary/aromatic N) is 3. The Bertz CT molecular complexity index is 809. The van der Waals surface area contributed by atoms with E-state index in [1.54, 1.807) is 7.05 Å².